The zero-order valence-corrected chi connectivity index (χ0v) is 19.5. The number of halogens is 4. The zero-order valence-electron chi connectivity index (χ0n) is 19.5. The van der Waals surface area contributed by atoms with Gasteiger partial charge in [-0.3, -0.25) is 4.79 Å². The fourth-order valence-electron chi connectivity index (χ4n) is 4.59. The molecule has 36 heavy (non-hydrogen) atoms. The standard InChI is InChI=1S/C24H25F4N7O/c1-3-21(36)32-18-8-19-20(7-17(18)13-4-5-13)34(2)23(33-19)35-11-15(25)6-16(12-35)31-22-29-9-14(10-30-22)24(26,27)28/h3,7-10,13,15-16H,1,4-6,11-12H2,2H3,(H,32,36)(H,29,30,31)/t15-,16?/m1/s1. The molecule has 0 bridgehead atoms. The van der Waals surface area contributed by atoms with Gasteiger partial charge in [-0.2, -0.15) is 13.2 Å². The lowest BCUT2D eigenvalue weighted by molar-refractivity contribution is -0.138. The van der Waals surface area contributed by atoms with Crippen LogP contribution in [0.15, 0.2) is 37.2 Å². The second-order valence-electron chi connectivity index (χ2n) is 9.24. The van der Waals surface area contributed by atoms with E-state index >= 15 is 0 Å². The number of aromatic nitrogens is 4. The number of aryl methyl sites for hydroxylation is 1. The first-order chi connectivity index (χ1) is 17.1. The van der Waals surface area contributed by atoms with Gasteiger partial charge in [-0.1, -0.05) is 6.58 Å². The van der Waals surface area contributed by atoms with E-state index in [-0.39, 0.29) is 24.8 Å². The van der Waals surface area contributed by atoms with E-state index < -0.39 is 24.0 Å². The van der Waals surface area contributed by atoms with Crippen molar-refractivity contribution in [3.8, 4) is 0 Å². The van der Waals surface area contributed by atoms with Gasteiger partial charge in [-0.25, -0.2) is 19.3 Å². The van der Waals surface area contributed by atoms with Gasteiger partial charge in [0.1, 0.15) is 6.17 Å². The lowest BCUT2D eigenvalue weighted by Gasteiger charge is -2.35. The predicted octanol–water partition coefficient (Wildman–Crippen LogP) is 4.41. The molecule has 3 heterocycles. The van der Waals surface area contributed by atoms with Crippen LogP contribution in [-0.2, 0) is 18.0 Å². The Morgan fingerprint density at radius 2 is 1.92 bits per heavy atom. The minimum absolute atomic E-state index is 0.00345. The largest absolute Gasteiger partial charge is 0.419 e. The first-order valence-electron chi connectivity index (χ1n) is 11.6. The first kappa shape index (κ1) is 24.0. The molecule has 2 aliphatic rings. The number of hydrogen-bond acceptors (Lipinski definition) is 6. The lowest BCUT2D eigenvalue weighted by Crippen LogP contribution is -2.48. The summed E-state index contributed by atoms with van der Waals surface area (Å²) in [6, 6.07) is 3.41. The number of alkyl halides is 4. The molecule has 1 saturated heterocycles. The highest BCUT2D eigenvalue weighted by atomic mass is 19.4. The quantitative estimate of drug-likeness (QED) is 0.383. The molecule has 1 unspecified atom stereocenters. The molecule has 0 radical (unpaired) electrons. The third kappa shape index (κ3) is 4.84. The Bertz CT molecular complexity index is 1300. The van der Waals surface area contributed by atoms with Crippen molar-refractivity contribution in [1.82, 2.24) is 19.5 Å². The summed E-state index contributed by atoms with van der Waals surface area (Å²) in [5, 5.41) is 5.81. The molecule has 1 aromatic carbocycles. The minimum Gasteiger partial charge on any atom is -0.350 e. The number of nitrogens with zero attached hydrogens (tertiary/aromatic N) is 5. The monoisotopic (exact) mass is 503 g/mol. The van der Waals surface area contributed by atoms with Crippen molar-refractivity contribution in [2.45, 2.75) is 43.6 Å². The van der Waals surface area contributed by atoms with Gasteiger partial charge in [0.25, 0.3) is 0 Å². The number of imidazole rings is 1. The number of nitrogens with one attached hydrogen (secondary N) is 2. The maximum Gasteiger partial charge on any atom is 0.419 e. The zero-order chi connectivity index (χ0) is 25.6. The van der Waals surface area contributed by atoms with Gasteiger partial charge in [-0.05, 0) is 42.5 Å². The molecule has 5 rings (SSSR count). The Hall–Kier alpha value is -3.70. The summed E-state index contributed by atoms with van der Waals surface area (Å²) in [5.41, 5.74) is 2.30. The highest BCUT2D eigenvalue weighted by Gasteiger charge is 2.33. The second-order valence-corrected chi connectivity index (χ2v) is 9.24. The molecule has 1 saturated carbocycles. The topological polar surface area (TPSA) is 88.0 Å². The van der Waals surface area contributed by atoms with Crippen LogP contribution >= 0.6 is 0 Å². The molecule has 3 aromatic rings. The van der Waals surface area contributed by atoms with E-state index in [1.807, 2.05) is 23.7 Å². The molecule has 2 aromatic heterocycles. The van der Waals surface area contributed by atoms with Crippen LogP contribution in [0.2, 0.25) is 0 Å². The number of rotatable bonds is 6. The van der Waals surface area contributed by atoms with Gasteiger partial charge in [0.2, 0.25) is 17.8 Å². The molecule has 0 spiro atoms. The Kier molecular flexibility index (Phi) is 6.05. The van der Waals surface area contributed by atoms with Crippen molar-refractivity contribution in [3.05, 3.63) is 48.3 Å². The van der Waals surface area contributed by atoms with Gasteiger partial charge in [0.15, 0.2) is 0 Å². The number of benzene rings is 1. The molecule has 2 atom stereocenters. The lowest BCUT2D eigenvalue weighted by atomic mass is 10.0. The molecule has 1 aliphatic carbocycles. The molecular formula is C24H25F4N7O. The summed E-state index contributed by atoms with van der Waals surface area (Å²) in [6.45, 7) is 3.99. The van der Waals surface area contributed by atoms with Gasteiger partial charge >= 0.3 is 6.18 Å². The van der Waals surface area contributed by atoms with Crippen molar-refractivity contribution in [1.29, 1.82) is 0 Å². The molecule has 190 valence electrons. The molecule has 8 nitrogen and oxygen atoms in total. The molecule has 2 N–H and O–H groups in total. The Balaban J connectivity index is 1.40. The summed E-state index contributed by atoms with van der Waals surface area (Å²) >= 11 is 0. The SMILES string of the molecule is C=CC(=O)Nc1cc2nc(N3CC(Nc4ncc(C(F)(F)F)cn4)C[C@@H](F)C3)n(C)c2cc1C1CC1. The van der Waals surface area contributed by atoms with Crippen LogP contribution in [0.1, 0.15) is 36.3 Å². The van der Waals surface area contributed by atoms with Crippen LogP contribution in [-0.4, -0.2) is 50.7 Å². The minimum atomic E-state index is -4.53. The Labute approximate surface area is 204 Å². The van der Waals surface area contributed by atoms with Crippen LogP contribution in [0.4, 0.5) is 35.1 Å². The van der Waals surface area contributed by atoms with Crippen molar-refractivity contribution >= 4 is 34.5 Å². The van der Waals surface area contributed by atoms with Gasteiger partial charge in [-0.15, -0.1) is 0 Å². The number of hydrogen-bond donors (Lipinski definition) is 2. The van der Waals surface area contributed by atoms with E-state index in [9.17, 15) is 22.4 Å². The Morgan fingerprint density at radius 1 is 1.19 bits per heavy atom. The van der Waals surface area contributed by atoms with Gasteiger partial charge < -0.3 is 20.1 Å². The Morgan fingerprint density at radius 3 is 2.56 bits per heavy atom. The molecule has 1 amide bonds. The van der Waals surface area contributed by atoms with Crippen molar-refractivity contribution in [2.24, 2.45) is 7.05 Å². The van der Waals surface area contributed by atoms with Gasteiger partial charge in [0.05, 0.1) is 23.1 Å². The van der Waals surface area contributed by atoms with E-state index in [0.29, 0.717) is 42.0 Å². The number of fused-ring (bicyclic) bond motifs is 1. The van der Waals surface area contributed by atoms with E-state index in [2.05, 4.69) is 27.2 Å². The number of amides is 1. The summed E-state index contributed by atoms with van der Waals surface area (Å²) in [5.74, 6) is 0.628. The van der Waals surface area contributed by atoms with E-state index in [4.69, 9.17) is 4.98 Å². The molecule has 2 fully saturated rings. The predicted molar refractivity (Wildman–Crippen MR) is 128 cm³/mol. The van der Waals surface area contributed by atoms with Gasteiger partial charge in [0, 0.05) is 44.1 Å². The summed E-state index contributed by atoms with van der Waals surface area (Å²) in [6.07, 6.45) is -0.845. The van der Waals surface area contributed by atoms with Crippen molar-refractivity contribution in [2.75, 3.05) is 28.6 Å². The highest BCUT2D eigenvalue weighted by Crippen LogP contribution is 2.45. The van der Waals surface area contributed by atoms with Crippen LogP contribution in [0.3, 0.4) is 0 Å². The average molecular weight is 504 g/mol. The van der Waals surface area contributed by atoms with Crippen LogP contribution in [0.25, 0.3) is 11.0 Å². The maximum atomic E-state index is 14.7. The number of piperidine rings is 1. The number of carbonyl (C=O) groups is 1. The molecular weight excluding hydrogens is 478 g/mol. The number of carbonyl (C=O) groups excluding carboxylic acids is 1. The summed E-state index contributed by atoms with van der Waals surface area (Å²) in [7, 11) is 1.85. The number of anilines is 3. The smallest absolute Gasteiger partial charge is 0.350 e. The van der Waals surface area contributed by atoms with Crippen LogP contribution in [0, 0.1) is 0 Å². The third-order valence-electron chi connectivity index (χ3n) is 6.48. The third-order valence-corrected chi connectivity index (χ3v) is 6.48. The first-order valence-corrected chi connectivity index (χ1v) is 11.6. The molecule has 12 heteroatoms. The fourth-order valence-corrected chi connectivity index (χ4v) is 4.59. The van der Waals surface area contributed by atoms with Crippen molar-refractivity contribution < 1.29 is 22.4 Å². The van der Waals surface area contributed by atoms with E-state index in [0.717, 1.165) is 23.9 Å². The van der Waals surface area contributed by atoms with Crippen LogP contribution in [0.5, 0.6) is 0 Å². The normalized spacial score (nSPS) is 20.4. The summed E-state index contributed by atoms with van der Waals surface area (Å²) < 4.78 is 55.0. The fraction of sp³-hybridized carbons (Fsp3) is 0.417. The average Bonchev–Trinajstić information content (AvgIpc) is 3.62. The van der Waals surface area contributed by atoms with E-state index in [1.54, 1.807) is 4.90 Å². The van der Waals surface area contributed by atoms with E-state index in [1.165, 1.54) is 6.08 Å². The second kappa shape index (κ2) is 9.07. The maximum absolute atomic E-state index is 14.7. The van der Waals surface area contributed by atoms with Crippen molar-refractivity contribution in [3.63, 3.8) is 0 Å². The van der Waals surface area contributed by atoms with Crippen LogP contribution < -0.4 is 15.5 Å². The summed E-state index contributed by atoms with van der Waals surface area (Å²) in [4.78, 5) is 26.0. The molecule has 1 aliphatic heterocycles. The highest BCUT2D eigenvalue weighted by molar-refractivity contribution is 6.01.